The number of nitrogens with two attached hydrogens (primary N) is 1. The van der Waals surface area contributed by atoms with Crippen LogP contribution in [0.25, 0.3) is 15.5 Å². The summed E-state index contributed by atoms with van der Waals surface area (Å²) in [5.41, 5.74) is 7.44. The third-order valence-electron chi connectivity index (χ3n) is 2.38. The number of nitrogens with zero attached hydrogens (tertiary/aromatic N) is 4. The van der Waals surface area contributed by atoms with E-state index in [1.165, 1.54) is 11.3 Å². The van der Waals surface area contributed by atoms with Gasteiger partial charge in [0, 0.05) is 11.3 Å². The fraction of sp³-hybridized carbons (Fsp3) is 0.100. The van der Waals surface area contributed by atoms with E-state index in [0.717, 1.165) is 21.3 Å². The maximum Gasteiger partial charge on any atom is 0.234 e. The number of anilines is 1. The molecule has 0 amide bonds. The second-order valence-corrected chi connectivity index (χ2v) is 4.37. The van der Waals surface area contributed by atoms with E-state index in [2.05, 4.69) is 15.3 Å². The molecule has 0 unspecified atom stereocenters. The highest BCUT2D eigenvalue weighted by atomic mass is 32.1. The number of fused-ring (bicyclic) bond motifs is 1. The van der Waals surface area contributed by atoms with E-state index in [4.69, 9.17) is 10.5 Å². The largest absolute Gasteiger partial charge is 0.497 e. The number of hydrogen-bond donors (Lipinski definition) is 1. The molecule has 0 fully saturated rings. The summed E-state index contributed by atoms with van der Waals surface area (Å²) in [7, 11) is 1.62. The minimum absolute atomic E-state index is 0.663. The van der Waals surface area contributed by atoms with Gasteiger partial charge in [-0.15, -0.1) is 10.2 Å². The molecule has 0 aliphatic rings. The van der Waals surface area contributed by atoms with Crippen molar-refractivity contribution < 1.29 is 4.74 Å². The van der Waals surface area contributed by atoms with Crippen LogP contribution in [0.3, 0.4) is 0 Å². The van der Waals surface area contributed by atoms with E-state index in [9.17, 15) is 0 Å². The smallest absolute Gasteiger partial charge is 0.234 e. The number of rotatable bonds is 2. The van der Waals surface area contributed by atoms with Crippen LogP contribution in [0.1, 0.15) is 0 Å². The zero-order valence-corrected chi connectivity index (χ0v) is 9.81. The number of benzene rings is 1. The standard InChI is InChI=1S/C10H9N5OS/c1-16-6-2-3-8(11)7(4-6)9-14-15-5-12-13-10(15)17-9/h2-5H,11H2,1H3. The van der Waals surface area contributed by atoms with Gasteiger partial charge in [-0.1, -0.05) is 11.3 Å². The van der Waals surface area contributed by atoms with E-state index in [0.29, 0.717) is 5.69 Å². The van der Waals surface area contributed by atoms with Crippen molar-refractivity contribution in [1.82, 2.24) is 19.8 Å². The highest BCUT2D eigenvalue weighted by Crippen LogP contribution is 2.32. The lowest BCUT2D eigenvalue weighted by Crippen LogP contribution is -1.92. The predicted molar refractivity (Wildman–Crippen MR) is 65.1 cm³/mol. The van der Waals surface area contributed by atoms with Crippen LogP contribution in [0.2, 0.25) is 0 Å². The molecule has 0 bridgehead atoms. The molecule has 0 aliphatic carbocycles. The van der Waals surface area contributed by atoms with Gasteiger partial charge < -0.3 is 10.5 Å². The van der Waals surface area contributed by atoms with E-state index in [1.54, 1.807) is 24.0 Å². The molecule has 0 atom stereocenters. The van der Waals surface area contributed by atoms with E-state index >= 15 is 0 Å². The second kappa shape index (κ2) is 3.70. The molecule has 0 radical (unpaired) electrons. The molecule has 2 aromatic heterocycles. The van der Waals surface area contributed by atoms with Gasteiger partial charge in [-0.3, -0.25) is 0 Å². The predicted octanol–water partition coefficient (Wildman–Crippen LogP) is 1.44. The van der Waals surface area contributed by atoms with Gasteiger partial charge in [0.1, 0.15) is 17.1 Å². The summed E-state index contributed by atoms with van der Waals surface area (Å²) in [6, 6.07) is 5.48. The van der Waals surface area contributed by atoms with Crippen LogP contribution in [-0.2, 0) is 0 Å². The number of hydrogen-bond acceptors (Lipinski definition) is 6. The average molecular weight is 247 g/mol. The molecule has 3 rings (SSSR count). The Bertz CT molecular complexity index is 646. The summed E-state index contributed by atoms with van der Waals surface area (Å²) in [4.78, 5) is 0.738. The molecule has 1 aromatic carbocycles. The molecule has 86 valence electrons. The SMILES string of the molecule is COc1ccc(N)c(-c2nn3cnnc3s2)c1. The third-order valence-corrected chi connectivity index (χ3v) is 3.32. The maximum atomic E-state index is 5.93. The summed E-state index contributed by atoms with van der Waals surface area (Å²) >= 11 is 1.43. The minimum atomic E-state index is 0.663. The first-order valence-corrected chi connectivity index (χ1v) is 5.70. The molecule has 7 heteroatoms. The highest BCUT2D eigenvalue weighted by molar-refractivity contribution is 7.19. The molecule has 2 N–H and O–H groups in total. The van der Waals surface area contributed by atoms with Crippen LogP contribution in [0.4, 0.5) is 5.69 Å². The van der Waals surface area contributed by atoms with Crippen LogP contribution >= 0.6 is 11.3 Å². The van der Waals surface area contributed by atoms with Crippen molar-refractivity contribution >= 4 is 22.0 Å². The molecule has 0 aliphatic heterocycles. The van der Waals surface area contributed by atoms with E-state index in [1.807, 2.05) is 12.1 Å². The molecular formula is C10H9N5OS. The zero-order valence-electron chi connectivity index (χ0n) is 8.99. The number of ether oxygens (including phenoxy) is 1. The van der Waals surface area contributed by atoms with Gasteiger partial charge in [0.25, 0.3) is 0 Å². The number of nitrogen functional groups attached to an aromatic ring is 1. The quantitative estimate of drug-likeness (QED) is 0.693. The fourth-order valence-electron chi connectivity index (χ4n) is 1.52. The third kappa shape index (κ3) is 1.60. The Hall–Kier alpha value is -2.15. The van der Waals surface area contributed by atoms with Crippen LogP contribution in [0.15, 0.2) is 24.5 Å². The Balaban J connectivity index is 2.17. The molecule has 0 spiro atoms. The zero-order chi connectivity index (χ0) is 11.8. The first-order chi connectivity index (χ1) is 8.28. The highest BCUT2D eigenvalue weighted by Gasteiger charge is 2.11. The summed E-state index contributed by atoms with van der Waals surface area (Å²) in [5, 5.41) is 12.8. The molecule has 6 nitrogen and oxygen atoms in total. The maximum absolute atomic E-state index is 5.93. The topological polar surface area (TPSA) is 78.3 Å². The van der Waals surface area contributed by atoms with Crippen molar-refractivity contribution in [2.24, 2.45) is 0 Å². The Morgan fingerprint density at radius 1 is 1.41 bits per heavy atom. The normalized spacial score (nSPS) is 10.9. The van der Waals surface area contributed by atoms with Gasteiger partial charge in [0.15, 0.2) is 0 Å². The van der Waals surface area contributed by atoms with E-state index < -0.39 is 0 Å². The Morgan fingerprint density at radius 2 is 2.29 bits per heavy atom. The molecule has 2 heterocycles. The lowest BCUT2D eigenvalue weighted by molar-refractivity contribution is 0.415. The van der Waals surface area contributed by atoms with Crippen molar-refractivity contribution in [2.75, 3.05) is 12.8 Å². The van der Waals surface area contributed by atoms with Gasteiger partial charge in [-0.05, 0) is 18.2 Å². The van der Waals surface area contributed by atoms with Gasteiger partial charge in [-0.25, -0.2) is 0 Å². The molecule has 0 saturated heterocycles. The van der Waals surface area contributed by atoms with Gasteiger partial charge in [0.2, 0.25) is 4.96 Å². The fourth-order valence-corrected chi connectivity index (χ4v) is 2.37. The average Bonchev–Trinajstić information content (AvgIpc) is 2.90. The van der Waals surface area contributed by atoms with Crippen LogP contribution in [0, 0.1) is 0 Å². The van der Waals surface area contributed by atoms with Crippen molar-refractivity contribution in [1.29, 1.82) is 0 Å². The lowest BCUT2D eigenvalue weighted by atomic mass is 10.2. The van der Waals surface area contributed by atoms with Crippen LogP contribution in [-0.4, -0.2) is 26.9 Å². The summed E-state index contributed by atoms with van der Waals surface area (Å²) in [5.74, 6) is 0.750. The molecule has 0 saturated carbocycles. The first-order valence-electron chi connectivity index (χ1n) is 4.88. The van der Waals surface area contributed by atoms with Gasteiger partial charge >= 0.3 is 0 Å². The van der Waals surface area contributed by atoms with Crippen LogP contribution < -0.4 is 10.5 Å². The summed E-state index contributed by atoms with van der Waals surface area (Å²) < 4.78 is 6.80. The van der Waals surface area contributed by atoms with E-state index in [-0.39, 0.29) is 0 Å². The summed E-state index contributed by atoms with van der Waals surface area (Å²) in [6.45, 7) is 0. The molecular weight excluding hydrogens is 238 g/mol. The van der Waals surface area contributed by atoms with Crippen molar-refractivity contribution in [3.8, 4) is 16.3 Å². The van der Waals surface area contributed by atoms with Crippen molar-refractivity contribution in [3.63, 3.8) is 0 Å². The Morgan fingerprint density at radius 3 is 3.06 bits per heavy atom. The molecule has 3 aromatic rings. The van der Waals surface area contributed by atoms with Crippen LogP contribution in [0.5, 0.6) is 5.75 Å². The minimum Gasteiger partial charge on any atom is -0.497 e. The summed E-state index contributed by atoms with van der Waals surface area (Å²) in [6.07, 6.45) is 1.56. The lowest BCUT2D eigenvalue weighted by Gasteiger charge is -2.04. The van der Waals surface area contributed by atoms with Gasteiger partial charge in [-0.2, -0.15) is 9.61 Å². The Kier molecular flexibility index (Phi) is 2.19. The number of aromatic nitrogens is 4. The monoisotopic (exact) mass is 247 g/mol. The molecule has 17 heavy (non-hydrogen) atoms. The van der Waals surface area contributed by atoms with Gasteiger partial charge in [0.05, 0.1) is 7.11 Å². The Labute approximate surface area is 101 Å². The second-order valence-electron chi connectivity index (χ2n) is 3.42. The van der Waals surface area contributed by atoms with Crippen molar-refractivity contribution in [3.05, 3.63) is 24.5 Å². The first kappa shape index (κ1) is 10.0. The number of methoxy groups -OCH3 is 1. The van der Waals surface area contributed by atoms with Crippen molar-refractivity contribution in [2.45, 2.75) is 0 Å².